The lowest BCUT2D eigenvalue weighted by molar-refractivity contribution is 0.157. The predicted octanol–water partition coefficient (Wildman–Crippen LogP) is 1.98. The van der Waals surface area contributed by atoms with E-state index in [1.54, 1.807) is 0 Å². The van der Waals surface area contributed by atoms with Crippen molar-refractivity contribution >= 4 is 0 Å². The Kier molecular flexibility index (Phi) is 1.71. The third-order valence-electron chi connectivity index (χ3n) is 3.63. The van der Waals surface area contributed by atoms with Crippen molar-refractivity contribution in [3.63, 3.8) is 0 Å². The fourth-order valence-electron chi connectivity index (χ4n) is 3.09. The van der Waals surface area contributed by atoms with Crippen molar-refractivity contribution in [2.24, 2.45) is 17.8 Å². The highest BCUT2D eigenvalue weighted by atomic mass is 15.2. The quantitative estimate of drug-likeness (QED) is 0.557. The molecule has 2 fully saturated rings. The van der Waals surface area contributed by atoms with E-state index in [9.17, 15) is 0 Å². The third-order valence-corrected chi connectivity index (χ3v) is 3.63. The highest BCUT2D eigenvalue weighted by Gasteiger charge is 2.46. The highest BCUT2D eigenvalue weighted by Crippen LogP contribution is 2.46. The van der Waals surface area contributed by atoms with Crippen molar-refractivity contribution in [2.75, 3.05) is 13.6 Å². The van der Waals surface area contributed by atoms with Crippen LogP contribution in [0.2, 0.25) is 0 Å². The van der Waals surface area contributed by atoms with Crippen LogP contribution >= 0.6 is 0 Å². The summed E-state index contributed by atoms with van der Waals surface area (Å²) < 4.78 is 0. The number of hydrogen-bond acceptors (Lipinski definition) is 1. The number of fused-ring (bicyclic) bond motifs is 1. The summed E-state index contributed by atoms with van der Waals surface area (Å²) in [5, 5.41) is 0. The van der Waals surface area contributed by atoms with Gasteiger partial charge in [-0.3, -0.25) is 0 Å². The molecule has 1 heterocycles. The van der Waals surface area contributed by atoms with Crippen molar-refractivity contribution in [3.8, 4) is 0 Å². The van der Waals surface area contributed by atoms with Crippen molar-refractivity contribution in [1.82, 2.24) is 4.90 Å². The van der Waals surface area contributed by atoms with Gasteiger partial charge >= 0.3 is 0 Å². The standard InChI is InChI=1S/C10H19N/c1-7(2)10-9-5-4-8(9)6-11(10)3/h7-10H,4-6H2,1-3H3/t8-,9-,10+/m0/s1. The molecule has 1 aliphatic carbocycles. The maximum absolute atomic E-state index is 2.58. The van der Waals surface area contributed by atoms with Crippen LogP contribution in [0.4, 0.5) is 0 Å². The molecule has 1 saturated carbocycles. The van der Waals surface area contributed by atoms with Crippen LogP contribution in [-0.2, 0) is 0 Å². The van der Waals surface area contributed by atoms with Crippen LogP contribution in [0.1, 0.15) is 26.7 Å². The van der Waals surface area contributed by atoms with E-state index in [1.165, 1.54) is 19.4 Å². The van der Waals surface area contributed by atoms with Crippen molar-refractivity contribution < 1.29 is 0 Å². The van der Waals surface area contributed by atoms with Crippen LogP contribution in [0.25, 0.3) is 0 Å². The topological polar surface area (TPSA) is 3.24 Å². The first-order valence-electron chi connectivity index (χ1n) is 4.90. The van der Waals surface area contributed by atoms with Crippen molar-refractivity contribution in [2.45, 2.75) is 32.7 Å². The Morgan fingerprint density at radius 3 is 2.27 bits per heavy atom. The largest absolute Gasteiger partial charge is 0.303 e. The van der Waals surface area contributed by atoms with Crippen LogP contribution in [0.15, 0.2) is 0 Å². The lowest BCUT2D eigenvalue weighted by Crippen LogP contribution is -2.36. The van der Waals surface area contributed by atoms with Crippen LogP contribution in [0.3, 0.4) is 0 Å². The molecule has 1 aliphatic heterocycles. The first-order chi connectivity index (χ1) is 5.20. The summed E-state index contributed by atoms with van der Waals surface area (Å²) in [6.07, 6.45) is 3.00. The molecule has 2 rings (SSSR count). The Hall–Kier alpha value is -0.0400. The molecular formula is C10H19N. The lowest BCUT2D eigenvalue weighted by atomic mass is 9.71. The van der Waals surface area contributed by atoms with Gasteiger partial charge in [-0.25, -0.2) is 0 Å². The van der Waals surface area contributed by atoms with Gasteiger partial charge in [-0.15, -0.1) is 0 Å². The molecule has 0 spiro atoms. The number of hydrogen-bond donors (Lipinski definition) is 0. The minimum absolute atomic E-state index is 0.857. The van der Waals surface area contributed by atoms with Gasteiger partial charge in [0.25, 0.3) is 0 Å². The van der Waals surface area contributed by atoms with Crippen LogP contribution in [0.5, 0.6) is 0 Å². The number of rotatable bonds is 1. The summed E-state index contributed by atoms with van der Waals surface area (Å²) in [5.41, 5.74) is 0. The average molecular weight is 153 g/mol. The maximum atomic E-state index is 2.58. The highest BCUT2D eigenvalue weighted by molar-refractivity contribution is 4.98. The fraction of sp³-hybridized carbons (Fsp3) is 1.00. The van der Waals surface area contributed by atoms with Gasteiger partial charge in [-0.05, 0) is 37.6 Å². The first-order valence-corrected chi connectivity index (χ1v) is 4.90. The summed E-state index contributed by atoms with van der Waals surface area (Å²) in [4.78, 5) is 2.58. The van der Waals surface area contributed by atoms with E-state index in [2.05, 4.69) is 25.8 Å². The third kappa shape index (κ3) is 1.01. The lowest BCUT2D eigenvalue weighted by Gasteiger charge is -2.35. The van der Waals surface area contributed by atoms with Gasteiger partial charge in [0.15, 0.2) is 0 Å². The van der Waals surface area contributed by atoms with Gasteiger partial charge in [-0.2, -0.15) is 0 Å². The van der Waals surface area contributed by atoms with E-state index in [1.807, 2.05) is 0 Å². The molecule has 64 valence electrons. The van der Waals surface area contributed by atoms with Crippen LogP contribution in [0, 0.1) is 17.8 Å². The molecule has 0 radical (unpaired) electrons. The number of nitrogens with zero attached hydrogens (tertiary/aromatic N) is 1. The minimum Gasteiger partial charge on any atom is -0.303 e. The van der Waals surface area contributed by atoms with E-state index >= 15 is 0 Å². The van der Waals surface area contributed by atoms with Gasteiger partial charge in [0.05, 0.1) is 0 Å². The zero-order valence-electron chi connectivity index (χ0n) is 7.88. The summed E-state index contributed by atoms with van der Waals surface area (Å²) in [7, 11) is 2.29. The molecule has 0 unspecified atom stereocenters. The van der Waals surface area contributed by atoms with E-state index in [-0.39, 0.29) is 0 Å². The second-order valence-corrected chi connectivity index (χ2v) is 4.68. The molecule has 1 saturated heterocycles. The van der Waals surface area contributed by atoms with Gasteiger partial charge in [-0.1, -0.05) is 13.8 Å². The van der Waals surface area contributed by atoms with Gasteiger partial charge < -0.3 is 4.90 Å². The summed E-state index contributed by atoms with van der Waals surface area (Å²) in [6.45, 7) is 6.09. The van der Waals surface area contributed by atoms with E-state index < -0.39 is 0 Å². The Morgan fingerprint density at radius 1 is 1.27 bits per heavy atom. The zero-order chi connectivity index (χ0) is 8.01. The maximum Gasteiger partial charge on any atom is 0.0147 e. The molecule has 3 atom stereocenters. The average Bonchev–Trinajstić information content (AvgIpc) is 2.10. The molecular weight excluding hydrogens is 134 g/mol. The van der Waals surface area contributed by atoms with E-state index in [0.717, 1.165) is 23.8 Å². The van der Waals surface area contributed by atoms with E-state index in [4.69, 9.17) is 0 Å². The van der Waals surface area contributed by atoms with Crippen LogP contribution in [-0.4, -0.2) is 24.5 Å². The second-order valence-electron chi connectivity index (χ2n) is 4.68. The summed E-state index contributed by atoms with van der Waals surface area (Å²) in [5.74, 6) is 2.97. The predicted molar refractivity (Wildman–Crippen MR) is 47.5 cm³/mol. The molecule has 2 aliphatic rings. The Bertz CT molecular complexity index is 153. The number of likely N-dealkylation sites (tertiary alicyclic amines) is 1. The van der Waals surface area contributed by atoms with Crippen LogP contribution < -0.4 is 0 Å². The van der Waals surface area contributed by atoms with E-state index in [0.29, 0.717) is 0 Å². The molecule has 1 heteroatoms. The van der Waals surface area contributed by atoms with Crippen molar-refractivity contribution in [3.05, 3.63) is 0 Å². The smallest absolute Gasteiger partial charge is 0.0147 e. The van der Waals surface area contributed by atoms with Gasteiger partial charge in [0.1, 0.15) is 0 Å². The Labute approximate surface area is 69.8 Å². The summed E-state index contributed by atoms with van der Waals surface area (Å²) >= 11 is 0. The molecule has 0 aromatic carbocycles. The Morgan fingerprint density at radius 2 is 2.00 bits per heavy atom. The first kappa shape index (κ1) is 7.60. The molecule has 0 N–H and O–H groups in total. The molecule has 0 amide bonds. The fourth-order valence-corrected chi connectivity index (χ4v) is 3.09. The van der Waals surface area contributed by atoms with Crippen molar-refractivity contribution in [1.29, 1.82) is 0 Å². The monoisotopic (exact) mass is 153 g/mol. The van der Waals surface area contributed by atoms with Gasteiger partial charge in [0.2, 0.25) is 0 Å². The zero-order valence-corrected chi connectivity index (χ0v) is 7.88. The normalized spacial score (nSPS) is 44.2. The molecule has 11 heavy (non-hydrogen) atoms. The molecule has 1 nitrogen and oxygen atoms in total. The minimum atomic E-state index is 0.857. The second kappa shape index (κ2) is 2.48. The molecule has 0 aromatic rings. The SMILES string of the molecule is CC(C)[C@@H]1[C@H]2CC[C@H]2CN1C. The van der Waals surface area contributed by atoms with Gasteiger partial charge in [0, 0.05) is 12.6 Å². The summed E-state index contributed by atoms with van der Waals surface area (Å²) in [6, 6.07) is 0.897. The molecule has 0 aromatic heterocycles. The Balaban J connectivity index is 2.07. The molecule has 0 bridgehead atoms.